The molecule has 2 heterocycles. The van der Waals surface area contributed by atoms with Gasteiger partial charge in [-0.25, -0.2) is 0 Å². The molecular formula is C20H28Cl2F3N5. The molecule has 0 radical (unpaired) electrons. The predicted molar refractivity (Wildman–Crippen MR) is 119 cm³/mol. The van der Waals surface area contributed by atoms with Crippen molar-refractivity contribution in [3.8, 4) is 11.3 Å². The Balaban J connectivity index is 0.00000225. The summed E-state index contributed by atoms with van der Waals surface area (Å²) >= 11 is 0. The summed E-state index contributed by atoms with van der Waals surface area (Å²) in [7, 11) is 4.18. The monoisotopic (exact) mass is 465 g/mol. The van der Waals surface area contributed by atoms with Gasteiger partial charge in [0.25, 0.3) is 0 Å². The molecular weight excluding hydrogens is 438 g/mol. The van der Waals surface area contributed by atoms with Crippen LogP contribution in [0.5, 0.6) is 0 Å². The molecule has 1 aliphatic heterocycles. The number of hydrogen-bond donors (Lipinski definition) is 0. The van der Waals surface area contributed by atoms with Gasteiger partial charge in [-0.2, -0.15) is 13.2 Å². The molecule has 30 heavy (non-hydrogen) atoms. The van der Waals surface area contributed by atoms with Gasteiger partial charge in [-0.05, 0) is 57.9 Å². The number of aromatic nitrogens is 2. The van der Waals surface area contributed by atoms with E-state index in [1.54, 1.807) is 0 Å². The molecule has 10 heteroatoms. The summed E-state index contributed by atoms with van der Waals surface area (Å²) in [6.07, 6.45) is -3.17. The van der Waals surface area contributed by atoms with Gasteiger partial charge in [-0.15, -0.1) is 35.0 Å². The number of anilines is 1. The molecule has 1 fully saturated rings. The lowest BCUT2D eigenvalue weighted by Crippen LogP contribution is -2.47. The van der Waals surface area contributed by atoms with Crippen molar-refractivity contribution in [1.82, 2.24) is 20.0 Å². The van der Waals surface area contributed by atoms with E-state index in [-0.39, 0.29) is 24.8 Å². The maximum absolute atomic E-state index is 12.7. The van der Waals surface area contributed by atoms with Crippen LogP contribution >= 0.6 is 24.8 Å². The molecule has 1 aromatic heterocycles. The highest BCUT2D eigenvalue weighted by atomic mass is 35.5. The van der Waals surface area contributed by atoms with Gasteiger partial charge in [-0.1, -0.05) is 12.1 Å². The molecule has 3 rings (SSSR count). The number of halogens is 5. The van der Waals surface area contributed by atoms with E-state index in [2.05, 4.69) is 39.0 Å². The Kier molecular flexibility index (Phi) is 10.3. The standard InChI is InChI=1S/C20H26F3N5.2ClH/c1-26(2)10-3-11-27-12-14-28(15-13-27)19-9-8-18(24-25-19)16-4-6-17(7-5-16)20(21,22)23;;/h4-9H,3,10-15H2,1-2H3;2*1H. The van der Waals surface area contributed by atoms with Crippen molar-refractivity contribution in [2.24, 2.45) is 0 Å². The van der Waals surface area contributed by atoms with Crippen molar-refractivity contribution >= 4 is 30.6 Å². The largest absolute Gasteiger partial charge is 0.416 e. The first-order valence-electron chi connectivity index (χ1n) is 9.46. The Bertz CT molecular complexity index is 747. The topological polar surface area (TPSA) is 35.5 Å². The minimum Gasteiger partial charge on any atom is -0.353 e. The molecule has 5 nitrogen and oxygen atoms in total. The van der Waals surface area contributed by atoms with E-state index in [1.807, 2.05) is 12.1 Å². The molecule has 168 valence electrons. The van der Waals surface area contributed by atoms with Crippen LogP contribution in [0.25, 0.3) is 11.3 Å². The highest BCUT2D eigenvalue weighted by Crippen LogP contribution is 2.30. The number of hydrogen-bond acceptors (Lipinski definition) is 5. The maximum Gasteiger partial charge on any atom is 0.416 e. The first-order chi connectivity index (χ1) is 13.3. The first kappa shape index (κ1) is 26.4. The second-order valence-electron chi connectivity index (χ2n) is 7.34. The van der Waals surface area contributed by atoms with Crippen molar-refractivity contribution in [2.75, 3.05) is 58.3 Å². The zero-order valence-electron chi connectivity index (χ0n) is 17.1. The zero-order valence-corrected chi connectivity index (χ0v) is 18.7. The van der Waals surface area contributed by atoms with Gasteiger partial charge in [0.1, 0.15) is 0 Å². The van der Waals surface area contributed by atoms with Gasteiger partial charge >= 0.3 is 6.18 Å². The highest BCUT2D eigenvalue weighted by Gasteiger charge is 2.30. The number of piperazine rings is 1. The molecule has 1 aromatic carbocycles. The van der Waals surface area contributed by atoms with Gasteiger partial charge in [0.15, 0.2) is 5.82 Å². The molecule has 0 unspecified atom stereocenters. The van der Waals surface area contributed by atoms with Gasteiger partial charge in [0.05, 0.1) is 11.3 Å². The Morgan fingerprint density at radius 1 is 0.900 bits per heavy atom. The number of rotatable bonds is 6. The fraction of sp³-hybridized carbons (Fsp3) is 0.500. The summed E-state index contributed by atoms with van der Waals surface area (Å²) in [5.74, 6) is 0.809. The van der Waals surface area contributed by atoms with Crippen LogP contribution in [0.3, 0.4) is 0 Å². The molecule has 0 saturated carbocycles. The summed E-state index contributed by atoms with van der Waals surface area (Å²) in [5, 5.41) is 8.50. The van der Waals surface area contributed by atoms with Crippen molar-refractivity contribution in [1.29, 1.82) is 0 Å². The smallest absolute Gasteiger partial charge is 0.353 e. The third-order valence-corrected chi connectivity index (χ3v) is 4.93. The lowest BCUT2D eigenvalue weighted by Gasteiger charge is -2.35. The summed E-state index contributed by atoms with van der Waals surface area (Å²) in [6, 6.07) is 8.70. The summed E-state index contributed by atoms with van der Waals surface area (Å²) < 4.78 is 38.0. The zero-order chi connectivity index (χ0) is 20.1. The number of alkyl halides is 3. The Morgan fingerprint density at radius 3 is 2.03 bits per heavy atom. The number of nitrogens with zero attached hydrogens (tertiary/aromatic N) is 5. The molecule has 0 bridgehead atoms. The SMILES string of the molecule is CN(C)CCCN1CCN(c2ccc(-c3ccc(C(F)(F)F)cc3)nn2)CC1.Cl.Cl. The van der Waals surface area contributed by atoms with Crippen molar-refractivity contribution in [3.05, 3.63) is 42.0 Å². The lowest BCUT2D eigenvalue weighted by molar-refractivity contribution is -0.137. The quantitative estimate of drug-likeness (QED) is 0.642. The van der Waals surface area contributed by atoms with Crippen LogP contribution in [0.1, 0.15) is 12.0 Å². The van der Waals surface area contributed by atoms with Crippen molar-refractivity contribution in [2.45, 2.75) is 12.6 Å². The highest BCUT2D eigenvalue weighted by molar-refractivity contribution is 5.85. The second kappa shape index (κ2) is 11.7. The first-order valence-corrected chi connectivity index (χ1v) is 9.46. The van der Waals surface area contributed by atoms with Crippen LogP contribution in [-0.4, -0.2) is 73.4 Å². The average molecular weight is 466 g/mol. The van der Waals surface area contributed by atoms with Crippen LogP contribution in [0, 0.1) is 0 Å². The van der Waals surface area contributed by atoms with Gasteiger partial charge < -0.3 is 9.80 Å². The Labute approximate surface area is 188 Å². The molecule has 1 saturated heterocycles. The summed E-state index contributed by atoms with van der Waals surface area (Å²) in [4.78, 5) is 6.86. The molecule has 0 aliphatic carbocycles. The predicted octanol–water partition coefficient (Wildman–Crippen LogP) is 4.08. The van der Waals surface area contributed by atoms with E-state index in [0.717, 1.165) is 63.6 Å². The van der Waals surface area contributed by atoms with E-state index in [1.165, 1.54) is 12.1 Å². The summed E-state index contributed by atoms with van der Waals surface area (Å²) in [6.45, 7) is 5.99. The van der Waals surface area contributed by atoms with Crippen LogP contribution in [0.4, 0.5) is 19.0 Å². The third-order valence-electron chi connectivity index (χ3n) is 4.93. The fourth-order valence-corrected chi connectivity index (χ4v) is 3.29. The van der Waals surface area contributed by atoms with Crippen molar-refractivity contribution < 1.29 is 13.2 Å². The van der Waals surface area contributed by atoms with Crippen LogP contribution in [0.15, 0.2) is 36.4 Å². The van der Waals surface area contributed by atoms with E-state index in [4.69, 9.17) is 0 Å². The molecule has 0 amide bonds. The second-order valence-corrected chi connectivity index (χ2v) is 7.34. The normalized spacial score (nSPS) is 14.9. The van der Waals surface area contributed by atoms with Gasteiger partial charge in [0.2, 0.25) is 0 Å². The molecule has 0 N–H and O–H groups in total. The fourth-order valence-electron chi connectivity index (χ4n) is 3.29. The minimum atomic E-state index is -4.33. The van der Waals surface area contributed by atoms with Crippen LogP contribution in [0.2, 0.25) is 0 Å². The molecule has 0 atom stereocenters. The van der Waals surface area contributed by atoms with Gasteiger partial charge in [0, 0.05) is 31.7 Å². The van der Waals surface area contributed by atoms with Crippen LogP contribution in [-0.2, 0) is 6.18 Å². The van der Waals surface area contributed by atoms with E-state index < -0.39 is 11.7 Å². The molecule has 1 aliphatic rings. The average Bonchev–Trinajstić information content (AvgIpc) is 2.68. The minimum absolute atomic E-state index is 0. The summed E-state index contributed by atoms with van der Waals surface area (Å²) in [5.41, 5.74) is 0.529. The molecule has 2 aromatic rings. The van der Waals surface area contributed by atoms with E-state index in [0.29, 0.717) is 11.3 Å². The third kappa shape index (κ3) is 7.27. The lowest BCUT2D eigenvalue weighted by atomic mass is 10.1. The Hall–Kier alpha value is -1.61. The number of benzene rings is 1. The van der Waals surface area contributed by atoms with E-state index >= 15 is 0 Å². The Morgan fingerprint density at radius 2 is 1.53 bits per heavy atom. The molecule has 0 spiro atoms. The maximum atomic E-state index is 12.7. The van der Waals surface area contributed by atoms with Crippen molar-refractivity contribution in [3.63, 3.8) is 0 Å². The van der Waals surface area contributed by atoms with Gasteiger partial charge in [-0.3, -0.25) is 4.90 Å². The van der Waals surface area contributed by atoms with E-state index in [9.17, 15) is 13.2 Å². The van der Waals surface area contributed by atoms with Crippen LogP contribution < -0.4 is 4.90 Å².